The van der Waals surface area contributed by atoms with Crippen LogP contribution in [0.4, 0.5) is 0 Å². The van der Waals surface area contributed by atoms with Crippen LogP contribution in [0.25, 0.3) is 10.6 Å². The maximum atomic E-state index is 13.2. The number of piperidine rings is 1. The molecule has 0 aromatic carbocycles. The van der Waals surface area contributed by atoms with E-state index in [4.69, 9.17) is 0 Å². The number of likely N-dealkylation sites (tertiary alicyclic amines) is 1. The predicted molar refractivity (Wildman–Crippen MR) is 115 cm³/mol. The Morgan fingerprint density at radius 3 is 2.73 bits per heavy atom. The molecule has 154 valence electrons. The summed E-state index contributed by atoms with van der Waals surface area (Å²) in [6, 6.07) is 7.56. The fraction of sp³-hybridized carbons (Fsp3) is 0.318. The lowest BCUT2D eigenvalue weighted by molar-refractivity contribution is -0.126. The fourth-order valence-electron chi connectivity index (χ4n) is 3.56. The number of pyridine rings is 2. The van der Waals surface area contributed by atoms with Crippen molar-refractivity contribution in [1.29, 1.82) is 0 Å². The fourth-order valence-corrected chi connectivity index (χ4v) is 4.59. The Morgan fingerprint density at radius 1 is 1.20 bits per heavy atom. The number of nitrogens with zero attached hydrogens (tertiary/aromatic N) is 4. The molecule has 0 bridgehead atoms. The maximum Gasteiger partial charge on any atom is 0.265 e. The molecule has 7 nitrogen and oxygen atoms in total. The zero-order valence-corrected chi connectivity index (χ0v) is 17.6. The van der Waals surface area contributed by atoms with Crippen LogP contribution in [0.5, 0.6) is 0 Å². The number of aromatic nitrogens is 3. The van der Waals surface area contributed by atoms with Crippen LogP contribution in [0, 0.1) is 12.8 Å². The number of hydrogen-bond donors (Lipinski definition) is 1. The van der Waals surface area contributed by atoms with Crippen LogP contribution in [0.15, 0.2) is 49.1 Å². The SMILES string of the molecule is Cc1nc(-c2cccnc2)sc1C(=O)N1CCCC(C(=O)NCc2cccnc2)C1. The lowest BCUT2D eigenvalue weighted by atomic mass is 9.97. The van der Waals surface area contributed by atoms with Gasteiger partial charge in [0.1, 0.15) is 9.88 Å². The van der Waals surface area contributed by atoms with Crippen LogP contribution < -0.4 is 5.32 Å². The van der Waals surface area contributed by atoms with E-state index in [1.165, 1.54) is 11.3 Å². The summed E-state index contributed by atoms with van der Waals surface area (Å²) in [7, 11) is 0. The van der Waals surface area contributed by atoms with Gasteiger partial charge in [-0.15, -0.1) is 11.3 Å². The summed E-state index contributed by atoms with van der Waals surface area (Å²) in [5.74, 6) is -0.274. The molecule has 1 N–H and O–H groups in total. The van der Waals surface area contributed by atoms with Gasteiger partial charge in [0.2, 0.25) is 5.91 Å². The molecule has 3 aromatic heterocycles. The first-order chi connectivity index (χ1) is 14.6. The summed E-state index contributed by atoms with van der Waals surface area (Å²) in [6.45, 7) is 3.38. The van der Waals surface area contributed by atoms with E-state index in [0.29, 0.717) is 30.2 Å². The number of nitrogens with one attached hydrogen (secondary N) is 1. The maximum absolute atomic E-state index is 13.2. The summed E-state index contributed by atoms with van der Waals surface area (Å²) in [5.41, 5.74) is 2.57. The van der Waals surface area contributed by atoms with Crippen LogP contribution in [0.1, 0.15) is 33.8 Å². The molecule has 1 unspecified atom stereocenters. The van der Waals surface area contributed by atoms with Crippen molar-refractivity contribution in [3.8, 4) is 10.6 Å². The molecule has 4 rings (SSSR count). The highest BCUT2D eigenvalue weighted by atomic mass is 32.1. The molecule has 2 amide bonds. The third-order valence-corrected chi connectivity index (χ3v) is 6.36. The molecule has 1 saturated heterocycles. The van der Waals surface area contributed by atoms with E-state index in [0.717, 1.165) is 29.0 Å². The zero-order valence-electron chi connectivity index (χ0n) is 16.7. The highest BCUT2D eigenvalue weighted by Crippen LogP contribution is 2.29. The van der Waals surface area contributed by atoms with E-state index in [2.05, 4.69) is 20.3 Å². The van der Waals surface area contributed by atoms with E-state index in [-0.39, 0.29) is 17.7 Å². The Morgan fingerprint density at radius 2 is 2.00 bits per heavy atom. The number of aryl methyl sites for hydroxylation is 1. The first kappa shape index (κ1) is 20.2. The van der Waals surface area contributed by atoms with Gasteiger partial charge in [-0.25, -0.2) is 4.98 Å². The summed E-state index contributed by atoms with van der Waals surface area (Å²) < 4.78 is 0. The van der Waals surface area contributed by atoms with Gasteiger partial charge in [0.25, 0.3) is 5.91 Å². The van der Waals surface area contributed by atoms with Crippen LogP contribution in [0.3, 0.4) is 0 Å². The Labute approximate surface area is 179 Å². The van der Waals surface area contributed by atoms with Gasteiger partial charge in [-0.3, -0.25) is 19.6 Å². The average molecular weight is 422 g/mol. The van der Waals surface area contributed by atoms with E-state index in [1.54, 1.807) is 29.7 Å². The zero-order chi connectivity index (χ0) is 20.9. The van der Waals surface area contributed by atoms with Gasteiger partial charge >= 0.3 is 0 Å². The van der Waals surface area contributed by atoms with Crippen LogP contribution in [0.2, 0.25) is 0 Å². The smallest absolute Gasteiger partial charge is 0.265 e. The Balaban J connectivity index is 1.41. The summed E-state index contributed by atoms with van der Waals surface area (Å²) in [4.78, 5) is 41.0. The normalized spacial score (nSPS) is 16.3. The topological polar surface area (TPSA) is 88.1 Å². The van der Waals surface area contributed by atoms with Gasteiger partial charge in [0, 0.05) is 50.0 Å². The summed E-state index contributed by atoms with van der Waals surface area (Å²) >= 11 is 1.38. The molecule has 0 radical (unpaired) electrons. The predicted octanol–water partition coefficient (Wildman–Crippen LogP) is 3.08. The van der Waals surface area contributed by atoms with E-state index in [1.807, 2.05) is 31.2 Å². The molecule has 8 heteroatoms. The minimum atomic E-state index is -0.203. The highest BCUT2D eigenvalue weighted by Gasteiger charge is 2.30. The molecule has 1 atom stereocenters. The molecular formula is C22H23N5O2S. The Hall–Kier alpha value is -3.13. The molecule has 0 aliphatic carbocycles. The number of amides is 2. The molecule has 0 spiro atoms. The molecule has 1 aliphatic rings. The number of rotatable bonds is 5. The van der Waals surface area contributed by atoms with E-state index >= 15 is 0 Å². The van der Waals surface area contributed by atoms with Gasteiger partial charge in [-0.05, 0) is 43.5 Å². The minimum Gasteiger partial charge on any atom is -0.352 e. The second kappa shape index (κ2) is 9.13. The first-order valence-electron chi connectivity index (χ1n) is 9.95. The largest absolute Gasteiger partial charge is 0.352 e. The first-order valence-corrected chi connectivity index (χ1v) is 10.8. The van der Waals surface area contributed by atoms with E-state index < -0.39 is 0 Å². The lowest BCUT2D eigenvalue weighted by Gasteiger charge is -2.31. The van der Waals surface area contributed by atoms with Crippen molar-refractivity contribution in [2.24, 2.45) is 5.92 Å². The lowest BCUT2D eigenvalue weighted by Crippen LogP contribution is -2.45. The van der Waals surface area contributed by atoms with Gasteiger partial charge < -0.3 is 10.2 Å². The van der Waals surface area contributed by atoms with Gasteiger partial charge in [0.05, 0.1) is 11.6 Å². The molecule has 3 aromatic rings. The summed E-state index contributed by atoms with van der Waals surface area (Å²) in [6.07, 6.45) is 8.50. The minimum absolute atomic E-state index is 0.0200. The summed E-state index contributed by atoms with van der Waals surface area (Å²) in [5, 5.41) is 3.76. The van der Waals surface area contributed by atoms with Crippen molar-refractivity contribution in [2.75, 3.05) is 13.1 Å². The quantitative estimate of drug-likeness (QED) is 0.684. The van der Waals surface area contributed by atoms with Gasteiger partial charge in [-0.1, -0.05) is 6.07 Å². The van der Waals surface area contributed by atoms with Crippen LogP contribution in [-0.2, 0) is 11.3 Å². The Bertz CT molecular complexity index is 1020. The standard InChI is InChI=1S/C22H23N5O2S/c1-15-19(30-21(26-15)17-6-3-9-24-13-17)22(29)27-10-4-7-18(14-27)20(28)25-12-16-5-2-8-23-11-16/h2-3,5-6,8-9,11,13,18H,4,7,10,12,14H2,1H3,(H,25,28). The number of thiazole rings is 1. The van der Waals surface area contributed by atoms with Gasteiger partial charge in [0.15, 0.2) is 0 Å². The molecular weight excluding hydrogens is 398 g/mol. The third-order valence-electron chi connectivity index (χ3n) is 5.17. The average Bonchev–Trinajstić information content (AvgIpc) is 3.20. The number of hydrogen-bond acceptors (Lipinski definition) is 6. The second-order valence-electron chi connectivity index (χ2n) is 7.34. The van der Waals surface area contributed by atoms with Crippen molar-refractivity contribution in [3.63, 3.8) is 0 Å². The Kier molecular flexibility index (Phi) is 6.13. The molecule has 30 heavy (non-hydrogen) atoms. The van der Waals surface area contributed by atoms with E-state index in [9.17, 15) is 9.59 Å². The van der Waals surface area contributed by atoms with Crippen LogP contribution >= 0.6 is 11.3 Å². The highest BCUT2D eigenvalue weighted by molar-refractivity contribution is 7.17. The number of carbonyl (C=O) groups excluding carboxylic acids is 2. The molecule has 1 fully saturated rings. The van der Waals surface area contributed by atoms with Crippen molar-refractivity contribution >= 4 is 23.2 Å². The second-order valence-corrected chi connectivity index (χ2v) is 8.34. The molecule has 0 saturated carbocycles. The van der Waals surface area contributed by atoms with Gasteiger partial charge in [-0.2, -0.15) is 0 Å². The van der Waals surface area contributed by atoms with Crippen molar-refractivity contribution in [1.82, 2.24) is 25.2 Å². The third kappa shape index (κ3) is 4.54. The monoisotopic (exact) mass is 421 g/mol. The van der Waals surface area contributed by atoms with Crippen molar-refractivity contribution in [3.05, 3.63) is 65.2 Å². The number of carbonyl (C=O) groups is 2. The molecule has 1 aliphatic heterocycles. The van der Waals surface area contributed by atoms with Crippen LogP contribution in [-0.4, -0.2) is 44.8 Å². The van der Waals surface area contributed by atoms with Crippen molar-refractivity contribution in [2.45, 2.75) is 26.3 Å². The van der Waals surface area contributed by atoms with Crippen molar-refractivity contribution < 1.29 is 9.59 Å². The molecule has 4 heterocycles.